The van der Waals surface area contributed by atoms with E-state index in [0.29, 0.717) is 0 Å². The lowest BCUT2D eigenvalue weighted by Crippen LogP contribution is -2.26. The number of amidine groups is 1. The lowest BCUT2D eigenvalue weighted by Gasteiger charge is -2.10. The smallest absolute Gasteiger partial charge is 0.127 e. The van der Waals surface area contributed by atoms with Gasteiger partial charge in [-0.05, 0) is 12.3 Å². The average Bonchev–Trinajstić information content (AvgIpc) is 2.25. The van der Waals surface area contributed by atoms with Crippen LogP contribution in [0.3, 0.4) is 0 Å². The van der Waals surface area contributed by atoms with Gasteiger partial charge in [-0.1, -0.05) is 44.2 Å². The fourth-order valence-electron chi connectivity index (χ4n) is 1.39. The van der Waals surface area contributed by atoms with E-state index in [9.17, 15) is 0 Å². The maximum atomic E-state index is 4.26. The van der Waals surface area contributed by atoms with Gasteiger partial charge in [0.05, 0.1) is 0 Å². The van der Waals surface area contributed by atoms with Crippen LogP contribution in [0.4, 0.5) is 0 Å². The van der Waals surface area contributed by atoms with E-state index in [1.807, 2.05) is 25.2 Å². The largest absolute Gasteiger partial charge is 0.370 e. The van der Waals surface area contributed by atoms with Gasteiger partial charge in [0.1, 0.15) is 5.84 Å². The highest BCUT2D eigenvalue weighted by molar-refractivity contribution is 5.98. The zero-order chi connectivity index (χ0) is 11.1. The number of aliphatic imine (C=N–C) groups is 1. The summed E-state index contributed by atoms with van der Waals surface area (Å²) in [4.78, 5) is 4.26. The van der Waals surface area contributed by atoms with E-state index in [-0.39, 0.29) is 0 Å². The number of hydrogen-bond donors (Lipinski definition) is 1. The molecule has 0 aromatic heterocycles. The molecule has 0 spiro atoms. The number of rotatable bonds is 4. The Hall–Kier alpha value is -1.31. The van der Waals surface area contributed by atoms with Crippen LogP contribution in [0.25, 0.3) is 0 Å². The minimum absolute atomic E-state index is 0.728. The normalized spacial score (nSPS) is 11.9. The van der Waals surface area contributed by atoms with Crippen LogP contribution in [0, 0.1) is 5.92 Å². The van der Waals surface area contributed by atoms with Gasteiger partial charge in [0.15, 0.2) is 0 Å². The van der Waals surface area contributed by atoms with Crippen LogP contribution in [0.1, 0.15) is 25.8 Å². The van der Waals surface area contributed by atoms with Gasteiger partial charge in [0, 0.05) is 19.2 Å². The van der Waals surface area contributed by atoms with Crippen molar-refractivity contribution >= 4 is 5.84 Å². The van der Waals surface area contributed by atoms with Gasteiger partial charge in [-0.2, -0.15) is 0 Å². The Morgan fingerprint density at radius 3 is 2.47 bits per heavy atom. The molecule has 82 valence electrons. The number of nitrogens with zero attached hydrogens (tertiary/aromatic N) is 1. The highest BCUT2D eigenvalue weighted by atomic mass is 15.0. The van der Waals surface area contributed by atoms with Crippen molar-refractivity contribution in [3.63, 3.8) is 0 Å². The third-order valence-electron chi connectivity index (χ3n) is 2.28. The maximum absolute atomic E-state index is 4.26. The molecule has 0 aliphatic carbocycles. The van der Waals surface area contributed by atoms with Crippen molar-refractivity contribution in [2.45, 2.75) is 20.3 Å². The molecule has 2 nitrogen and oxygen atoms in total. The summed E-state index contributed by atoms with van der Waals surface area (Å²) < 4.78 is 0. The third kappa shape index (κ3) is 4.15. The first-order valence-electron chi connectivity index (χ1n) is 5.50. The average molecular weight is 204 g/mol. The Balaban J connectivity index is 2.51. The fraction of sp³-hybridized carbons (Fsp3) is 0.462. The number of benzene rings is 1. The molecule has 0 heterocycles. The van der Waals surface area contributed by atoms with Crippen molar-refractivity contribution in [3.8, 4) is 0 Å². The van der Waals surface area contributed by atoms with Crippen LogP contribution >= 0.6 is 0 Å². The second-order valence-corrected chi connectivity index (χ2v) is 4.05. The first kappa shape index (κ1) is 11.8. The molecular formula is C13H20N2. The molecule has 0 saturated heterocycles. The topological polar surface area (TPSA) is 24.4 Å². The molecule has 0 aliphatic heterocycles. The van der Waals surface area contributed by atoms with Crippen molar-refractivity contribution in [1.29, 1.82) is 0 Å². The quantitative estimate of drug-likeness (QED) is 0.592. The van der Waals surface area contributed by atoms with Crippen LogP contribution in [0.2, 0.25) is 0 Å². The van der Waals surface area contributed by atoms with Crippen molar-refractivity contribution in [1.82, 2.24) is 5.32 Å². The molecule has 1 aromatic rings. The molecular weight excluding hydrogens is 184 g/mol. The lowest BCUT2D eigenvalue weighted by atomic mass is 10.1. The predicted molar refractivity (Wildman–Crippen MR) is 66.4 cm³/mol. The molecule has 1 rings (SSSR count). The van der Waals surface area contributed by atoms with Gasteiger partial charge in [-0.15, -0.1) is 0 Å². The number of nitrogens with one attached hydrogen (secondary N) is 1. The zero-order valence-corrected chi connectivity index (χ0v) is 9.83. The minimum Gasteiger partial charge on any atom is -0.370 e. The van der Waals surface area contributed by atoms with Gasteiger partial charge in [0.2, 0.25) is 0 Å². The van der Waals surface area contributed by atoms with E-state index in [2.05, 4.69) is 36.3 Å². The summed E-state index contributed by atoms with van der Waals surface area (Å²) in [6, 6.07) is 10.2. The third-order valence-corrected chi connectivity index (χ3v) is 2.28. The molecule has 0 aliphatic rings. The summed E-state index contributed by atoms with van der Waals surface area (Å²) in [7, 11) is 1.82. The van der Waals surface area contributed by atoms with Crippen LogP contribution in [-0.4, -0.2) is 19.4 Å². The molecule has 15 heavy (non-hydrogen) atoms. The molecule has 0 amide bonds. The molecule has 2 heteroatoms. The Morgan fingerprint density at radius 1 is 1.27 bits per heavy atom. The standard InChI is InChI=1S/C13H20N2/c1-11(2)9-10-15-13(14-3)12-7-5-4-6-8-12/h4-8,11H,9-10H2,1-3H3,(H,14,15). The van der Waals surface area contributed by atoms with Gasteiger partial charge < -0.3 is 5.32 Å². The summed E-state index contributed by atoms with van der Waals surface area (Å²) >= 11 is 0. The second kappa shape index (κ2) is 6.23. The lowest BCUT2D eigenvalue weighted by molar-refractivity contribution is 0.578. The Morgan fingerprint density at radius 2 is 1.93 bits per heavy atom. The van der Waals surface area contributed by atoms with Gasteiger partial charge >= 0.3 is 0 Å². The van der Waals surface area contributed by atoms with Gasteiger partial charge in [0.25, 0.3) is 0 Å². The first-order chi connectivity index (χ1) is 7.24. The van der Waals surface area contributed by atoms with Crippen molar-refractivity contribution in [2.24, 2.45) is 10.9 Å². The summed E-state index contributed by atoms with van der Waals surface area (Å²) in [6.07, 6.45) is 1.17. The summed E-state index contributed by atoms with van der Waals surface area (Å²) in [5, 5.41) is 3.37. The maximum Gasteiger partial charge on any atom is 0.127 e. The number of hydrogen-bond acceptors (Lipinski definition) is 1. The SMILES string of the molecule is CN=C(NCCC(C)C)c1ccccc1. The molecule has 0 radical (unpaired) electrons. The van der Waals surface area contributed by atoms with Crippen LogP contribution in [0.5, 0.6) is 0 Å². The first-order valence-corrected chi connectivity index (χ1v) is 5.50. The highest BCUT2D eigenvalue weighted by Crippen LogP contribution is 2.01. The summed E-state index contributed by atoms with van der Waals surface area (Å²) in [6.45, 7) is 5.44. The molecule has 1 N–H and O–H groups in total. The van der Waals surface area contributed by atoms with E-state index >= 15 is 0 Å². The molecule has 0 atom stereocenters. The Kier molecular flexibility index (Phi) is 4.88. The summed E-state index contributed by atoms with van der Waals surface area (Å²) in [5.74, 6) is 1.71. The highest BCUT2D eigenvalue weighted by Gasteiger charge is 2.00. The van der Waals surface area contributed by atoms with Gasteiger partial charge in [-0.3, -0.25) is 4.99 Å². The van der Waals surface area contributed by atoms with Crippen LogP contribution in [0.15, 0.2) is 35.3 Å². The minimum atomic E-state index is 0.728. The Labute approximate surface area is 92.4 Å². The van der Waals surface area contributed by atoms with Crippen molar-refractivity contribution in [2.75, 3.05) is 13.6 Å². The van der Waals surface area contributed by atoms with E-state index in [4.69, 9.17) is 0 Å². The van der Waals surface area contributed by atoms with E-state index < -0.39 is 0 Å². The van der Waals surface area contributed by atoms with Gasteiger partial charge in [-0.25, -0.2) is 0 Å². The molecule has 0 bridgehead atoms. The van der Waals surface area contributed by atoms with E-state index in [0.717, 1.165) is 23.9 Å². The molecule has 1 aromatic carbocycles. The molecule has 0 unspecified atom stereocenters. The molecule has 0 saturated carbocycles. The summed E-state index contributed by atoms with van der Waals surface area (Å²) in [5.41, 5.74) is 1.16. The van der Waals surface area contributed by atoms with Crippen LogP contribution < -0.4 is 5.32 Å². The predicted octanol–water partition coefficient (Wildman–Crippen LogP) is 2.70. The van der Waals surface area contributed by atoms with Crippen LogP contribution in [-0.2, 0) is 0 Å². The molecule has 0 fully saturated rings. The fourth-order valence-corrected chi connectivity index (χ4v) is 1.39. The van der Waals surface area contributed by atoms with E-state index in [1.54, 1.807) is 0 Å². The van der Waals surface area contributed by atoms with E-state index in [1.165, 1.54) is 6.42 Å². The zero-order valence-electron chi connectivity index (χ0n) is 9.83. The monoisotopic (exact) mass is 204 g/mol. The Bertz CT molecular complexity index is 302. The van der Waals surface area contributed by atoms with Crippen molar-refractivity contribution < 1.29 is 0 Å². The van der Waals surface area contributed by atoms with Crippen molar-refractivity contribution in [3.05, 3.63) is 35.9 Å². The second-order valence-electron chi connectivity index (χ2n) is 4.05.